The van der Waals surface area contributed by atoms with E-state index in [2.05, 4.69) is 48.3 Å². The van der Waals surface area contributed by atoms with E-state index in [4.69, 9.17) is 4.74 Å². The molecule has 1 unspecified atom stereocenters. The lowest BCUT2D eigenvalue weighted by Gasteiger charge is -2.21. The number of amides is 2. The topological polar surface area (TPSA) is 131 Å². The van der Waals surface area contributed by atoms with Crippen molar-refractivity contribution in [2.45, 2.75) is 83.6 Å². The van der Waals surface area contributed by atoms with Gasteiger partial charge in [-0.25, -0.2) is 9.97 Å². The molecule has 0 fully saturated rings. The SMILES string of the molecule is CCCCCCCOc1ccc(-c2cnc(-c3ccc(C[C@H](NC(=O)c4ccc(C(C)(C)C)cc4)C(=O)NCC(C(=O)O)c4ccccc4)cc3)nc2)cc1. The summed E-state index contributed by atoms with van der Waals surface area (Å²) in [6.07, 6.45) is 9.77. The van der Waals surface area contributed by atoms with Crippen molar-refractivity contribution in [2.24, 2.45) is 0 Å². The molecule has 9 nitrogen and oxygen atoms in total. The highest BCUT2D eigenvalue weighted by Gasteiger charge is 2.26. The zero-order valence-corrected chi connectivity index (χ0v) is 32.3. The van der Waals surface area contributed by atoms with Crippen molar-refractivity contribution >= 4 is 17.8 Å². The van der Waals surface area contributed by atoms with E-state index in [9.17, 15) is 19.5 Å². The fraction of sp³-hybridized carbons (Fsp3) is 0.326. The Kier molecular flexibility index (Phi) is 14.3. The van der Waals surface area contributed by atoms with Gasteiger partial charge in [-0.15, -0.1) is 0 Å². The Morgan fingerprint density at radius 3 is 2.00 bits per heavy atom. The second kappa shape index (κ2) is 19.5. The van der Waals surface area contributed by atoms with Gasteiger partial charge in [-0.05, 0) is 58.4 Å². The van der Waals surface area contributed by atoms with Gasteiger partial charge in [0.1, 0.15) is 11.8 Å². The van der Waals surface area contributed by atoms with Crippen LogP contribution in [0.5, 0.6) is 5.75 Å². The average molecular weight is 741 g/mol. The van der Waals surface area contributed by atoms with Crippen LogP contribution in [-0.4, -0.2) is 52.1 Å². The number of benzene rings is 4. The number of carbonyl (C=O) groups is 3. The van der Waals surface area contributed by atoms with Gasteiger partial charge in [-0.1, -0.05) is 132 Å². The number of aliphatic carboxylic acids is 1. The Labute approximate surface area is 324 Å². The predicted octanol–water partition coefficient (Wildman–Crippen LogP) is 8.78. The quantitative estimate of drug-likeness (QED) is 0.0766. The molecular weight excluding hydrogens is 689 g/mol. The molecule has 55 heavy (non-hydrogen) atoms. The van der Waals surface area contributed by atoms with Gasteiger partial charge in [0.05, 0.1) is 12.5 Å². The fourth-order valence-electron chi connectivity index (χ4n) is 6.22. The first-order valence-corrected chi connectivity index (χ1v) is 19.1. The van der Waals surface area contributed by atoms with E-state index < -0.39 is 29.7 Å². The van der Waals surface area contributed by atoms with Crippen LogP contribution in [0.3, 0.4) is 0 Å². The molecule has 2 atom stereocenters. The first-order chi connectivity index (χ1) is 26.5. The molecule has 4 aromatic carbocycles. The Bertz CT molecular complexity index is 1970. The minimum atomic E-state index is -1.05. The Hall–Kier alpha value is -5.83. The van der Waals surface area contributed by atoms with Gasteiger partial charge >= 0.3 is 5.97 Å². The highest BCUT2D eigenvalue weighted by atomic mass is 16.5. The van der Waals surface area contributed by atoms with Crippen LogP contribution in [0.2, 0.25) is 0 Å². The van der Waals surface area contributed by atoms with Gasteiger partial charge in [0.2, 0.25) is 5.91 Å². The predicted molar refractivity (Wildman–Crippen MR) is 217 cm³/mol. The largest absolute Gasteiger partial charge is 0.494 e. The first kappa shape index (κ1) is 40.4. The van der Waals surface area contributed by atoms with E-state index >= 15 is 0 Å². The third-order valence-electron chi connectivity index (χ3n) is 9.62. The average Bonchev–Trinajstić information content (AvgIpc) is 3.19. The molecule has 0 aliphatic carbocycles. The molecule has 0 aliphatic rings. The van der Waals surface area contributed by atoms with Crippen LogP contribution in [0, 0.1) is 0 Å². The Morgan fingerprint density at radius 1 is 0.745 bits per heavy atom. The fourth-order valence-corrected chi connectivity index (χ4v) is 6.22. The highest BCUT2D eigenvalue weighted by molar-refractivity contribution is 5.97. The Balaban J connectivity index is 1.25. The summed E-state index contributed by atoms with van der Waals surface area (Å²) in [7, 11) is 0. The molecule has 3 N–H and O–H groups in total. The minimum absolute atomic E-state index is 0.0786. The number of ether oxygens (including phenoxy) is 1. The number of unbranched alkanes of at least 4 members (excludes halogenated alkanes) is 4. The van der Waals surface area contributed by atoms with E-state index in [0.717, 1.165) is 46.6 Å². The lowest BCUT2D eigenvalue weighted by atomic mass is 9.86. The van der Waals surface area contributed by atoms with Crippen molar-refractivity contribution in [3.8, 4) is 28.3 Å². The molecule has 5 rings (SSSR count). The van der Waals surface area contributed by atoms with Crippen LogP contribution in [0.1, 0.15) is 92.8 Å². The number of carbonyl (C=O) groups excluding carboxylic acids is 2. The minimum Gasteiger partial charge on any atom is -0.494 e. The number of aromatic nitrogens is 2. The maximum atomic E-state index is 13.7. The molecule has 5 aromatic rings. The van der Waals surface area contributed by atoms with Crippen LogP contribution >= 0.6 is 0 Å². The van der Waals surface area contributed by atoms with E-state index in [1.165, 1.54) is 25.7 Å². The zero-order valence-electron chi connectivity index (χ0n) is 32.3. The van der Waals surface area contributed by atoms with Crippen LogP contribution < -0.4 is 15.4 Å². The molecule has 1 heterocycles. The van der Waals surface area contributed by atoms with Gasteiger partial charge in [0.15, 0.2) is 5.82 Å². The van der Waals surface area contributed by atoms with Crippen LogP contribution in [0.15, 0.2) is 116 Å². The first-order valence-electron chi connectivity index (χ1n) is 19.1. The second-order valence-electron chi connectivity index (χ2n) is 14.9. The van der Waals surface area contributed by atoms with E-state index in [0.29, 0.717) is 17.0 Å². The summed E-state index contributed by atoms with van der Waals surface area (Å²) >= 11 is 0. The zero-order chi connectivity index (χ0) is 39.2. The number of nitrogens with zero attached hydrogens (tertiary/aromatic N) is 2. The van der Waals surface area contributed by atoms with Crippen LogP contribution in [-0.2, 0) is 21.4 Å². The van der Waals surface area contributed by atoms with E-state index in [-0.39, 0.29) is 18.4 Å². The monoisotopic (exact) mass is 740 g/mol. The molecule has 0 saturated heterocycles. The van der Waals surface area contributed by atoms with Gasteiger partial charge in [-0.3, -0.25) is 14.4 Å². The molecule has 0 spiro atoms. The number of rotatable bonds is 18. The number of hydrogen-bond donors (Lipinski definition) is 3. The van der Waals surface area contributed by atoms with Crippen molar-refractivity contribution in [1.29, 1.82) is 0 Å². The molecule has 0 saturated carbocycles. The van der Waals surface area contributed by atoms with Gasteiger partial charge < -0.3 is 20.5 Å². The summed E-state index contributed by atoms with van der Waals surface area (Å²) in [5.41, 5.74) is 5.48. The maximum Gasteiger partial charge on any atom is 0.312 e. The van der Waals surface area contributed by atoms with Gasteiger partial charge in [-0.2, -0.15) is 0 Å². The van der Waals surface area contributed by atoms with Gasteiger partial charge in [0, 0.05) is 42.0 Å². The van der Waals surface area contributed by atoms with Crippen molar-refractivity contribution in [3.05, 3.63) is 138 Å². The molecule has 0 radical (unpaired) electrons. The standard InChI is InChI=1S/C46H52N4O5/c1-5-6-7-8-12-27-55-39-25-21-33(22-26-39)37-29-47-42(48-30-37)35-17-15-32(16-18-35)28-41(50-43(51)36-19-23-38(24-20-36)46(2,3)4)44(52)49-31-40(45(53)54)34-13-10-9-11-14-34/h9-11,13-26,29-30,40-41H,5-8,12,27-28,31H2,1-4H3,(H,49,52)(H,50,51)(H,53,54)/t40?,41-/m0/s1. The molecule has 0 aliphatic heterocycles. The van der Waals surface area contributed by atoms with Crippen LogP contribution in [0.4, 0.5) is 0 Å². The van der Waals surface area contributed by atoms with Crippen molar-refractivity contribution in [2.75, 3.05) is 13.2 Å². The summed E-state index contributed by atoms with van der Waals surface area (Å²) in [4.78, 5) is 48.4. The number of carboxylic acids is 1. The summed E-state index contributed by atoms with van der Waals surface area (Å²) < 4.78 is 5.90. The number of nitrogens with one attached hydrogen (secondary N) is 2. The Morgan fingerprint density at radius 2 is 1.38 bits per heavy atom. The normalized spacial score (nSPS) is 12.4. The van der Waals surface area contributed by atoms with Gasteiger partial charge in [0.25, 0.3) is 5.91 Å². The third-order valence-corrected chi connectivity index (χ3v) is 9.62. The number of hydrogen-bond acceptors (Lipinski definition) is 6. The summed E-state index contributed by atoms with van der Waals surface area (Å²) in [5, 5.41) is 15.6. The van der Waals surface area contributed by atoms with E-state index in [1.807, 2.05) is 60.7 Å². The number of carboxylic acid groups (broad SMARTS) is 1. The lowest BCUT2D eigenvalue weighted by Crippen LogP contribution is -2.49. The van der Waals surface area contributed by atoms with E-state index in [1.54, 1.807) is 54.9 Å². The van der Waals surface area contributed by atoms with Crippen LogP contribution in [0.25, 0.3) is 22.5 Å². The molecule has 286 valence electrons. The molecular formula is C46H52N4O5. The molecule has 0 bridgehead atoms. The molecule has 2 amide bonds. The third kappa shape index (κ3) is 11.8. The summed E-state index contributed by atoms with van der Waals surface area (Å²) in [6.45, 7) is 9.10. The second-order valence-corrected chi connectivity index (χ2v) is 14.9. The smallest absolute Gasteiger partial charge is 0.312 e. The van der Waals surface area contributed by atoms with Crippen molar-refractivity contribution in [3.63, 3.8) is 0 Å². The molecule has 1 aromatic heterocycles. The van der Waals surface area contributed by atoms with Crippen molar-refractivity contribution in [1.82, 2.24) is 20.6 Å². The molecule has 9 heteroatoms. The lowest BCUT2D eigenvalue weighted by molar-refractivity contribution is -0.138. The maximum absolute atomic E-state index is 13.7. The summed E-state index contributed by atoms with van der Waals surface area (Å²) in [5.74, 6) is -1.47. The van der Waals surface area contributed by atoms with Crippen molar-refractivity contribution < 1.29 is 24.2 Å². The summed E-state index contributed by atoms with van der Waals surface area (Å²) in [6, 6.07) is 30.6. The highest BCUT2D eigenvalue weighted by Crippen LogP contribution is 2.25.